The second kappa shape index (κ2) is 10.3. The summed E-state index contributed by atoms with van der Waals surface area (Å²) >= 11 is 12.6. The van der Waals surface area contributed by atoms with Crippen LogP contribution in [0.4, 0.5) is 0 Å². The van der Waals surface area contributed by atoms with Crippen molar-refractivity contribution in [3.8, 4) is 5.75 Å². The molecule has 5 rings (SSSR count). The van der Waals surface area contributed by atoms with E-state index in [-0.39, 0.29) is 18.1 Å². The lowest BCUT2D eigenvalue weighted by Crippen LogP contribution is -2.44. The second-order valence-corrected chi connectivity index (χ2v) is 9.23. The molecule has 178 valence electrons. The van der Waals surface area contributed by atoms with Gasteiger partial charge in [0.1, 0.15) is 11.4 Å². The predicted molar refractivity (Wildman–Crippen MR) is 126 cm³/mol. The minimum atomic E-state index is -0.231. The van der Waals surface area contributed by atoms with Crippen molar-refractivity contribution in [2.24, 2.45) is 0 Å². The third kappa shape index (κ3) is 5.33. The monoisotopic (exact) mass is 502 g/mol. The van der Waals surface area contributed by atoms with Gasteiger partial charge in [0.15, 0.2) is 0 Å². The van der Waals surface area contributed by atoms with Crippen molar-refractivity contribution in [3.63, 3.8) is 0 Å². The minimum absolute atomic E-state index is 0.207. The van der Waals surface area contributed by atoms with Gasteiger partial charge in [0.05, 0.1) is 41.6 Å². The summed E-state index contributed by atoms with van der Waals surface area (Å²) in [6.45, 7) is 3.27. The predicted octanol–water partition coefficient (Wildman–Crippen LogP) is 2.96. The highest BCUT2D eigenvalue weighted by Gasteiger charge is 2.35. The lowest BCUT2D eigenvalue weighted by Gasteiger charge is -2.20. The minimum Gasteiger partial charge on any atom is -0.492 e. The average molecular weight is 503 g/mol. The van der Waals surface area contributed by atoms with Gasteiger partial charge in [-0.3, -0.25) is 19.4 Å². The van der Waals surface area contributed by atoms with E-state index in [2.05, 4.69) is 25.5 Å². The van der Waals surface area contributed by atoms with Gasteiger partial charge < -0.3 is 14.8 Å². The fraction of sp³-hybridized carbons (Fsp3) is 0.391. The van der Waals surface area contributed by atoms with Crippen LogP contribution < -0.4 is 10.1 Å². The molecule has 2 aromatic heterocycles. The number of nitrogens with zero attached hydrogens (tertiary/aromatic N) is 5. The van der Waals surface area contributed by atoms with Crippen molar-refractivity contribution < 1.29 is 14.3 Å². The van der Waals surface area contributed by atoms with Gasteiger partial charge in [0, 0.05) is 50.6 Å². The number of carbonyl (C=O) groups is 1. The molecular formula is C23H24Cl2N6O3. The summed E-state index contributed by atoms with van der Waals surface area (Å²) in [6.07, 6.45) is 5.71. The van der Waals surface area contributed by atoms with E-state index in [4.69, 9.17) is 32.7 Å². The zero-order valence-electron chi connectivity index (χ0n) is 18.4. The first-order valence-corrected chi connectivity index (χ1v) is 11.9. The molecule has 2 aliphatic heterocycles. The molecule has 3 aromatic rings. The zero-order chi connectivity index (χ0) is 23.5. The van der Waals surface area contributed by atoms with Gasteiger partial charge in [-0.25, -0.2) is 0 Å². The number of rotatable bonds is 2. The van der Waals surface area contributed by atoms with E-state index in [9.17, 15) is 4.79 Å². The fourth-order valence-corrected chi connectivity index (χ4v) is 4.53. The van der Waals surface area contributed by atoms with Crippen LogP contribution in [0.2, 0.25) is 10.0 Å². The molecule has 1 fully saturated rings. The van der Waals surface area contributed by atoms with Crippen LogP contribution in [0.15, 0.2) is 42.9 Å². The summed E-state index contributed by atoms with van der Waals surface area (Å²) in [4.78, 5) is 19.4. The van der Waals surface area contributed by atoms with Crippen LogP contribution in [0, 0.1) is 0 Å². The van der Waals surface area contributed by atoms with E-state index in [1.807, 2.05) is 12.3 Å². The van der Waals surface area contributed by atoms with Crippen molar-refractivity contribution in [3.05, 3.63) is 69.7 Å². The van der Waals surface area contributed by atoms with Crippen molar-refractivity contribution >= 4 is 29.1 Å². The molecule has 0 aliphatic carbocycles. The summed E-state index contributed by atoms with van der Waals surface area (Å²) in [6, 6.07) is 6.73. The molecule has 4 bridgehead atoms. The van der Waals surface area contributed by atoms with Crippen LogP contribution in [-0.2, 0) is 24.4 Å². The molecule has 11 heteroatoms. The fourth-order valence-electron chi connectivity index (χ4n) is 4.18. The lowest BCUT2D eigenvalue weighted by molar-refractivity contribution is 0.0293. The first kappa shape index (κ1) is 23.0. The van der Waals surface area contributed by atoms with E-state index in [1.165, 1.54) is 0 Å². The Morgan fingerprint density at radius 3 is 2.97 bits per heavy atom. The maximum Gasteiger partial charge on any atom is 0.251 e. The number of aryl methyl sites for hydroxylation is 1. The zero-order valence-corrected chi connectivity index (χ0v) is 19.9. The quantitative estimate of drug-likeness (QED) is 0.575. The Bertz CT molecular complexity index is 1170. The number of hydrogen-bond donors (Lipinski definition) is 1. The van der Waals surface area contributed by atoms with E-state index in [1.54, 1.807) is 35.3 Å². The average Bonchev–Trinajstić information content (AvgIpc) is 3.43. The Labute approximate surface area is 207 Å². The van der Waals surface area contributed by atoms with Crippen molar-refractivity contribution in [1.29, 1.82) is 0 Å². The SMILES string of the molecule is O=C1N[C@H]2CN(Cc3ccncc3Cl)C[C@@H]2OCc2cn(nn2)CCCOc2cc1ccc2Cl. The number of pyridine rings is 1. The summed E-state index contributed by atoms with van der Waals surface area (Å²) in [7, 11) is 0. The number of aromatic nitrogens is 4. The van der Waals surface area contributed by atoms with Crippen molar-refractivity contribution in [1.82, 2.24) is 30.2 Å². The maximum atomic E-state index is 13.1. The number of ether oxygens (including phenoxy) is 2. The topological polar surface area (TPSA) is 94.4 Å². The van der Waals surface area contributed by atoms with Gasteiger partial charge in [-0.2, -0.15) is 0 Å². The van der Waals surface area contributed by atoms with Crippen LogP contribution in [0.3, 0.4) is 0 Å². The molecule has 0 saturated carbocycles. The molecule has 34 heavy (non-hydrogen) atoms. The molecule has 1 saturated heterocycles. The molecule has 9 nitrogen and oxygen atoms in total. The van der Waals surface area contributed by atoms with Crippen LogP contribution in [-0.4, -0.2) is 62.6 Å². The van der Waals surface area contributed by atoms with Crippen LogP contribution >= 0.6 is 23.2 Å². The van der Waals surface area contributed by atoms with Crippen LogP contribution in [0.5, 0.6) is 5.75 Å². The molecule has 4 heterocycles. The van der Waals surface area contributed by atoms with E-state index in [0.29, 0.717) is 67.2 Å². The normalized spacial score (nSPS) is 21.5. The third-order valence-electron chi connectivity index (χ3n) is 5.92. The number of carbonyl (C=O) groups excluding carboxylic acids is 1. The number of fused-ring (bicyclic) bond motifs is 5. The number of amides is 1. The summed E-state index contributed by atoms with van der Waals surface area (Å²) in [5, 5.41) is 12.6. The summed E-state index contributed by atoms with van der Waals surface area (Å²) in [5.74, 6) is 0.274. The smallest absolute Gasteiger partial charge is 0.251 e. The molecule has 0 unspecified atom stereocenters. The first-order chi connectivity index (χ1) is 16.5. The van der Waals surface area contributed by atoms with Gasteiger partial charge in [-0.05, 0) is 29.8 Å². The van der Waals surface area contributed by atoms with Gasteiger partial charge in [-0.1, -0.05) is 28.4 Å². The molecule has 0 spiro atoms. The van der Waals surface area contributed by atoms with Crippen LogP contribution in [0.1, 0.15) is 28.0 Å². The van der Waals surface area contributed by atoms with Crippen molar-refractivity contribution in [2.45, 2.75) is 38.3 Å². The number of likely N-dealkylation sites (tertiary alicyclic amines) is 1. The summed E-state index contributed by atoms with van der Waals surface area (Å²) < 4.78 is 13.8. The molecule has 2 aliphatic rings. The molecule has 1 amide bonds. The standard InChI is InChI=1S/C23H24Cl2N6O3/c24-18-3-2-15-8-21(18)33-7-1-6-31-11-17(28-29-31)14-34-22-13-30(12-20(22)27-23(15)32)10-16-4-5-26-9-19(16)25/h2-5,8-9,11,20,22H,1,6-7,10,12-14H2,(H,27,32)/t20-,22-/m0/s1. The van der Waals surface area contributed by atoms with E-state index < -0.39 is 0 Å². The van der Waals surface area contributed by atoms with Gasteiger partial charge in [0.2, 0.25) is 0 Å². The molecule has 2 atom stereocenters. The lowest BCUT2D eigenvalue weighted by atomic mass is 10.1. The van der Waals surface area contributed by atoms with Gasteiger partial charge in [-0.15, -0.1) is 5.10 Å². The highest BCUT2D eigenvalue weighted by Crippen LogP contribution is 2.27. The van der Waals surface area contributed by atoms with E-state index >= 15 is 0 Å². The number of hydrogen-bond acceptors (Lipinski definition) is 7. The number of benzene rings is 1. The Morgan fingerprint density at radius 1 is 1.18 bits per heavy atom. The number of nitrogens with one attached hydrogen (secondary N) is 1. The third-order valence-corrected chi connectivity index (χ3v) is 6.58. The highest BCUT2D eigenvalue weighted by molar-refractivity contribution is 6.32. The molecule has 1 aromatic carbocycles. The Morgan fingerprint density at radius 2 is 2.09 bits per heavy atom. The van der Waals surface area contributed by atoms with Gasteiger partial charge >= 0.3 is 0 Å². The molecule has 1 N–H and O–H groups in total. The number of halogens is 2. The Hall–Kier alpha value is -2.72. The largest absolute Gasteiger partial charge is 0.492 e. The first-order valence-electron chi connectivity index (χ1n) is 11.1. The molecule has 0 radical (unpaired) electrons. The Balaban J connectivity index is 1.38. The van der Waals surface area contributed by atoms with E-state index in [0.717, 1.165) is 11.3 Å². The van der Waals surface area contributed by atoms with Crippen molar-refractivity contribution in [2.75, 3.05) is 19.7 Å². The highest BCUT2D eigenvalue weighted by atomic mass is 35.5. The maximum absolute atomic E-state index is 13.1. The van der Waals surface area contributed by atoms with Gasteiger partial charge in [0.25, 0.3) is 5.91 Å². The second-order valence-electron chi connectivity index (χ2n) is 8.41. The summed E-state index contributed by atoms with van der Waals surface area (Å²) in [5.41, 5.74) is 2.20. The van der Waals surface area contributed by atoms with Crippen LogP contribution in [0.25, 0.3) is 0 Å². The molecular weight excluding hydrogens is 479 g/mol. The Kier molecular flexibility index (Phi) is 6.96.